The molecule has 0 aliphatic carbocycles. The predicted octanol–water partition coefficient (Wildman–Crippen LogP) is 1.44. The van der Waals surface area contributed by atoms with Gasteiger partial charge in [-0.25, -0.2) is 0 Å². The number of likely N-dealkylation sites (N-methyl/N-ethyl adjacent to an activating group) is 1. The van der Waals surface area contributed by atoms with Crippen LogP contribution < -0.4 is 0 Å². The molecule has 3 nitrogen and oxygen atoms in total. The molecule has 0 saturated carbocycles. The first-order valence-corrected chi connectivity index (χ1v) is 5.77. The Morgan fingerprint density at radius 3 is 2.47 bits per heavy atom. The van der Waals surface area contributed by atoms with Gasteiger partial charge in [-0.3, -0.25) is 4.79 Å². The van der Waals surface area contributed by atoms with Gasteiger partial charge in [0, 0.05) is 13.1 Å². The van der Waals surface area contributed by atoms with Crippen LogP contribution in [0.3, 0.4) is 0 Å². The number of carbonyl (C=O) groups is 1. The van der Waals surface area contributed by atoms with Crippen molar-refractivity contribution in [3.8, 4) is 0 Å². The van der Waals surface area contributed by atoms with Crippen LogP contribution in [0.5, 0.6) is 0 Å². The fourth-order valence-corrected chi connectivity index (χ4v) is 2.04. The van der Waals surface area contributed by atoms with Crippen LogP contribution in [0.1, 0.15) is 27.2 Å². The van der Waals surface area contributed by atoms with Crippen molar-refractivity contribution in [1.82, 2.24) is 9.80 Å². The van der Waals surface area contributed by atoms with Crippen molar-refractivity contribution in [1.29, 1.82) is 0 Å². The Kier molecular flexibility index (Phi) is 3.77. The molecule has 0 N–H and O–H groups in total. The van der Waals surface area contributed by atoms with Gasteiger partial charge in [0.15, 0.2) is 0 Å². The Morgan fingerprint density at radius 2 is 2.07 bits per heavy atom. The van der Waals surface area contributed by atoms with Crippen molar-refractivity contribution in [3.63, 3.8) is 0 Å². The average Bonchev–Trinajstić information content (AvgIpc) is 2.48. The quantitative estimate of drug-likeness (QED) is 0.707. The SMILES string of the molecule is CC(C)[C@@]1(C)CCN(C(=O)CN(C)C)C1. The molecule has 1 heterocycles. The second kappa shape index (κ2) is 4.52. The van der Waals surface area contributed by atoms with Crippen molar-refractivity contribution in [2.75, 3.05) is 33.7 Å². The summed E-state index contributed by atoms with van der Waals surface area (Å²) in [7, 11) is 3.88. The number of rotatable bonds is 3. The summed E-state index contributed by atoms with van der Waals surface area (Å²) in [5.74, 6) is 0.916. The minimum Gasteiger partial charge on any atom is -0.341 e. The van der Waals surface area contributed by atoms with Crippen LogP contribution in [0.25, 0.3) is 0 Å². The molecule has 0 aromatic heterocycles. The Balaban J connectivity index is 2.52. The Labute approximate surface area is 93.4 Å². The summed E-state index contributed by atoms with van der Waals surface area (Å²) < 4.78 is 0. The molecular weight excluding hydrogens is 188 g/mol. The number of hydrogen-bond donors (Lipinski definition) is 0. The van der Waals surface area contributed by atoms with E-state index in [4.69, 9.17) is 0 Å². The summed E-state index contributed by atoms with van der Waals surface area (Å²) in [4.78, 5) is 15.8. The number of carbonyl (C=O) groups excluding carboxylic acids is 1. The molecule has 1 rings (SSSR count). The number of nitrogens with zero attached hydrogens (tertiary/aromatic N) is 2. The summed E-state index contributed by atoms with van der Waals surface area (Å²) in [5.41, 5.74) is 0.321. The summed E-state index contributed by atoms with van der Waals surface area (Å²) in [6, 6.07) is 0. The lowest BCUT2D eigenvalue weighted by Crippen LogP contribution is -2.38. The molecule has 1 amide bonds. The number of hydrogen-bond acceptors (Lipinski definition) is 2. The summed E-state index contributed by atoms with van der Waals surface area (Å²) in [5, 5.41) is 0. The maximum absolute atomic E-state index is 11.9. The van der Waals surface area contributed by atoms with E-state index in [1.807, 2.05) is 23.9 Å². The second-order valence-electron chi connectivity index (χ2n) is 5.61. The van der Waals surface area contributed by atoms with Crippen LogP contribution in [-0.4, -0.2) is 49.4 Å². The third-order valence-electron chi connectivity index (χ3n) is 3.70. The second-order valence-corrected chi connectivity index (χ2v) is 5.61. The van der Waals surface area contributed by atoms with Crippen LogP contribution in [-0.2, 0) is 4.79 Å². The molecule has 1 aliphatic heterocycles. The highest BCUT2D eigenvalue weighted by Crippen LogP contribution is 2.36. The Hall–Kier alpha value is -0.570. The van der Waals surface area contributed by atoms with Gasteiger partial charge in [0.05, 0.1) is 6.54 Å². The van der Waals surface area contributed by atoms with E-state index in [9.17, 15) is 4.79 Å². The molecule has 88 valence electrons. The number of likely N-dealkylation sites (tertiary alicyclic amines) is 1. The van der Waals surface area contributed by atoms with Gasteiger partial charge in [-0.2, -0.15) is 0 Å². The Bertz CT molecular complexity index is 238. The highest BCUT2D eigenvalue weighted by atomic mass is 16.2. The molecule has 0 radical (unpaired) electrons. The van der Waals surface area contributed by atoms with E-state index in [0.29, 0.717) is 17.9 Å². The van der Waals surface area contributed by atoms with Crippen LogP contribution in [0.15, 0.2) is 0 Å². The van der Waals surface area contributed by atoms with Crippen LogP contribution >= 0.6 is 0 Å². The first-order chi connectivity index (χ1) is 6.85. The lowest BCUT2D eigenvalue weighted by Gasteiger charge is -2.29. The van der Waals surface area contributed by atoms with E-state index in [-0.39, 0.29) is 5.91 Å². The molecule has 1 fully saturated rings. The van der Waals surface area contributed by atoms with Gasteiger partial charge >= 0.3 is 0 Å². The Morgan fingerprint density at radius 1 is 1.47 bits per heavy atom. The molecule has 15 heavy (non-hydrogen) atoms. The zero-order valence-electron chi connectivity index (χ0n) is 10.7. The first-order valence-electron chi connectivity index (χ1n) is 5.77. The molecule has 1 saturated heterocycles. The lowest BCUT2D eigenvalue weighted by atomic mass is 9.78. The van der Waals surface area contributed by atoms with Gasteiger partial charge in [0.1, 0.15) is 0 Å². The minimum absolute atomic E-state index is 0.268. The fourth-order valence-electron chi connectivity index (χ4n) is 2.04. The van der Waals surface area contributed by atoms with Crippen LogP contribution in [0.2, 0.25) is 0 Å². The molecule has 0 unspecified atom stereocenters. The van der Waals surface area contributed by atoms with E-state index < -0.39 is 0 Å². The van der Waals surface area contributed by atoms with Gasteiger partial charge in [0.25, 0.3) is 0 Å². The van der Waals surface area contributed by atoms with E-state index in [0.717, 1.165) is 19.5 Å². The fraction of sp³-hybridized carbons (Fsp3) is 0.917. The van der Waals surface area contributed by atoms with Gasteiger partial charge in [0.2, 0.25) is 5.91 Å². The molecule has 0 aromatic rings. The number of amides is 1. The standard InChI is InChI=1S/C12H24N2O/c1-10(2)12(3)6-7-14(9-12)11(15)8-13(4)5/h10H,6-9H2,1-5H3/t12-/m0/s1. The van der Waals surface area contributed by atoms with Crippen molar-refractivity contribution in [2.45, 2.75) is 27.2 Å². The normalized spacial score (nSPS) is 26.7. The molecule has 0 spiro atoms. The summed E-state index contributed by atoms with van der Waals surface area (Å²) in [6.45, 7) is 9.19. The van der Waals surface area contributed by atoms with Crippen molar-refractivity contribution in [3.05, 3.63) is 0 Å². The predicted molar refractivity (Wildman–Crippen MR) is 62.7 cm³/mol. The van der Waals surface area contributed by atoms with Crippen LogP contribution in [0, 0.1) is 11.3 Å². The molecule has 1 aliphatic rings. The summed E-state index contributed by atoms with van der Waals surface area (Å²) >= 11 is 0. The van der Waals surface area contributed by atoms with E-state index in [1.54, 1.807) is 0 Å². The van der Waals surface area contributed by atoms with Crippen molar-refractivity contribution < 1.29 is 4.79 Å². The summed E-state index contributed by atoms with van der Waals surface area (Å²) in [6.07, 6.45) is 1.14. The van der Waals surface area contributed by atoms with E-state index in [1.165, 1.54) is 0 Å². The highest BCUT2D eigenvalue weighted by molar-refractivity contribution is 5.78. The van der Waals surface area contributed by atoms with Crippen molar-refractivity contribution >= 4 is 5.91 Å². The van der Waals surface area contributed by atoms with Crippen LogP contribution in [0.4, 0.5) is 0 Å². The average molecular weight is 212 g/mol. The molecule has 1 atom stereocenters. The van der Waals surface area contributed by atoms with Crippen molar-refractivity contribution in [2.24, 2.45) is 11.3 Å². The van der Waals surface area contributed by atoms with E-state index >= 15 is 0 Å². The third kappa shape index (κ3) is 2.94. The largest absolute Gasteiger partial charge is 0.341 e. The smallest absolute Gasteiger partial charge is 0.236 e. The molecule has 0 bridgehead atoms. The maximum Gasteiger partial charge on any atom is 0.236 e. The molecule has 3 heteroatoms. The molecular formula is C12H24N2O. The van der Waals surface area contributed by atoms with Gasteiger partial charge < -0.3 is 9.80 Å². The molecule has 0 aromatic carbocycles. The highest BCUT2D eigenvalue weighted by Gasteiger charge is 2.38. The van der Waals surface area contributed by atoms with Gasteiger partial charge in [-0.05, 0) is 31.8 Å². The maximum atomic E-state index is 11.9. The third-order valence-corrected chi connectivity index (χ3v) is 3.70. The lowest BCUT2D eigenvalue weighted by molar-refractivity contribution is -0.131. The zero-order chi connectivity index (χ0) is 11.6. The minimum atomic E-state index is 0.268. The first kappa shape index (κ1) is 12.5. The monoisotopic (exact) mass is 212 g/mol. The van der Waals surface area contributed by atoms with Gasteiger partial charge in [-0.15, -0.1) is 0 Å². The topological polar surface area (TPSA) is 23.6 Å². The van der Waals surface area contributed by atoms with E-state index in [2.05, 4.69) is 20.8 Å². The zero-order valence-corrected chi connectivity index (χ0v) is 10.7. The van der Waals surface area contributed by atoms with Gasteiger partial charge in [-0.1, -0.05) is 20.8 Å².